The first kappa shape index (κ1) is 11.2. The van der Waals surface area contributed by atoms with Crippen LogP contribution < -0.4 is 5.32 Å². The molecule has 1 aliphatic carbocycles. The van der Waals surface area contributed by atoms with Crippen molar-refractivity contribution in [1.82, 2.24) is 5.32 Å². The summed E-state index contributed by atoms with van der Waals surface area (Å²) in [5.41, 5.74) is 1.09. The van der Waals surface area contributed by atoms with E-state index in [1.165, 1.54) is 19.3 Å². The molecule has 1 aromatic rings. The molecular weight excluding hydrogens is 198 g/mol. The summed E-state index contributed by atoms with van der Waals surface area (Å²) in [7, 11) is 0. The molecule has 0 heterocycles. The number of nitrogens with one attached hydrogen (secondary N) is 1. The molecular formula is C14H19NO. The van der Waals surface area contributed by atoms with E-state index in [1.54, 1.807) is 0 Å². The van der Waals surface area contributed by atoms with Crippen molar-refractivity contribution in [2.24, 2.45) is 5.92 Å². The zero-order chi connectivity index (χ0) is 11.2. The van der Waals surface area contributed by atoms with Gasteiger partial charge in [0.25, 0.3) is 0 Å². The molecule has 0 bridgehead atoms. The van der Waals surface area contributed by atoms with Crippen molar-refractivity contribution in [1.29, 1.82) is 0 Å². The van der Waals surface area contributed by atoms with Crippen LogP contribution in [0.3, 0.4) is 0 Å². The van der Waals surface area contributed by atoms with Crippen LogP contribution in [0.4, 0.5) is 0 Å². The molecule has 1 N–H and O–H groups in total. The van der Waals surface area contributed by atoms with Crippen LogP contribution in [0, 0.1) is 5.92 Å². The second kappa shape index (κ2) is 5.69. The Labute approximate surface area is 97.1 Å². The standard InChI is InChI=1S/C14H19NO/c16-14(11-13-5-2-1-3-6-13)15-10-9-12-7-4-8-12/h1-3,5-6,12H,4,7-11H2,(H,15,16). The van der Waals surface area contributed by atoms with Crippen LogP contribution in [-0.4, -0.2) is 12.5 Å². The number of amides is 1. The molecule has 1 amide bonds. The highest BCUT2D eigenvalue weighted by molar-refractivity contribution is 5.78. The zero-order valence-corrected chi connectivity index (χ0v) is 9.61. The van der Waals surface area contributed by atoms with Crippen LogP contribution >= 0.6 is 0 Å². The van der Waals surface area contributed by atoms with Crippen molar-refractivity contribution >= 4 is 5.91 Å². The third-order valence-corrected chi connectivity index (χ3v) is 3.31. The van der Waals surface area contributed by atoms with Crippen molar-refractivity contribution in [3.05, 3.63) is 35.9 Å². The quantitative estimate of drug-likeness (QED) is 0.806. The number of rotatable bonds is 5. The molecule has 0 aliphatic heterocycles. The largest absolute Gasteiger partial charge is 0.356 e. The maximum atomic E-state index is 11.6. The van der Waals surface area contributed by atoms with E-state index in [0.717, 1.165) is 24.4 Å². The lowest BCUT2D eigenvalue weighted by Crippen LogP contribution is -2.28. The van der Waals surface area contributed by atoms with Gasteiger partial charge in [-0.05, 0) is 17.9 Å². The summed E-state index contributed by atoms with van der Waals surface area (Å²) < 4.78 is 0. The number of hydrogen-bond acceptors (Lipinski definition) is 1. The molecule has 0 spiro atoms. The Hall–Kier alpha value is -1.31. The average molecular weight is 217 g/mol. The number of carbonyl (C=O) groups excluding carboxylic acids is 1. The molecule has 2 rings (SSSR count). The monoisotopic (exact) mass is 217 g/mol. The molecule has 0 atom stereocenters. The summed E-state index contributed by atoms with van der Waals surface area (Å²) in [5, 5.41) is 2.99. The van der Waals surface area contributed by atoms with E-state index in [4.69, 9.17) is 0 Å². The third-order valence-electron chi connectivity index (χ3n) is 3.31. The summed E-state index contributed by atoms with van der Waals surface area (Å²) in [4.78, 5) is 11.6. The zero-order valence-electron chi connectivity index (χ0n) is 9.61. The lowest BCUT2D eigenvalue weighted by atomic mass is 9.83. The van der Waals surface area contributed by atoms with Crippen LogP contribution in [0.5, 0.6) is 0 Å². The van der Waals surface area contributed by atoms with Crippen molar-refractivity contribution in [3.8, 4) is 0 Å². The van der Waals surface area contributed by atoms with Gasteiger partial charge in [0, 0.05) is 6.54 Å². The Bertz CT molecular complexity index is 330. The molecule has 0 saturated heterocycles. The van der Waals surface area contributed by atoms with Gasteiger partial charge in [0.15, 0.2) is 0 Å². The number of benzene rings is 1. The Morgan fingerprint density at radius 3 is 2.62 bits per heavy atom. The first-order chi connectivity index (χ1) is 7.84. The maximum absolute atomic E-state index is 11.6. The highest BCUT2D eigenvalue weighted by atomic mass is 16.1. The van der Waals surface area contributed by atoms with E-state index in [-0.39, 0.29) is 5.91 Å². The number of hydrogen-bond donors (Lipinski definition) is 1. The minimum atomic E-state index is 0.144. The van der Waals surface area contributed by atoms with E-state index in [1.807, 2.05) is 30.3 Å². The van der Waals surface area contributed by atoms with E-state index >= 15 is 0 Å². The van der Waals surface area contributed by atoms with Gasteiger partial charge < -0.3 is 5.32 Å². The third kappa shape index (κ3) is 3.37. The normalized spacial score (nSPS) is 15.5. The lowest BCUT2D eigenvalue weighted by molar-refractivity contribution is -0.120. The Morgan fingerprint density at radius 2 is 2.00 bits per heavy atom. The van der Waals surface area contributed by atoms with Gasteiger partial charge in [0.2, 0.25) is 5.91 Å². The van der Waals surface area contributed by atoms with Crippen LogP contribution in [-0.2, 0) is 11.2 Å². The summed E-state index contributed by atoms with van der Waals surface area (Å²) in [6.07, 6.45) is 5.75. The maximum Gasteiger partial charge on any atom is 0.224 e. The van der Waals surface area contributed by atoms with Gasteiger partial charge in [-0.1, -0.05) is 49.6 Å². The fourth-order valence-corrected chi connectivity index (χ4v) is 2.04. The summed E-state index contributed by atoms with van der Waals surface area (Å²) in [6.45, 7) is 0.844. The molecule has 2 nitrogen and oxygen atoms in total. The molecule has 0 unspecified atom stereocenters. The molecule has 0 aromatic heterocycles. The fourth-order valence-electron chi connectivity index (χ4n) is 2.04. The Balaban J connectivity index is 1.64. The van der Waals surface area contributed by atoms with Crippen molar-refractivity contribution in [2.45, 2.75) is 32.1 Å². The fraction of sp³-hybridized carbons (Fsp3) is 0.500. The molecule has 1 aliphatic rings. The molecule has 16 heavy (non-hydrogen) atoms. The topological polar surface area (TPSA) is 29.1 Å². The molecule has 1 saturated carbocycles. The minimum Gasteiger partial charge on any atom is -0.356 e. The number of carbonyl (C=O) groups is 1. The van der Waals surface area contributed by atoms with Gasteiger partial charge in [0.05, 0.1) is 6.42 Å². The second-order valence-corrected chi connectivity index (χ2v) is 4.60. The summed E-state index contributed by atoms with van der Waals surface area (Å²) in [5.74, 6) is 1.02. The van der Waals surface area contributed by atoms with Crippen molar-refractivity contribution in [3.63, 3.8) is 0 Å². The van der Waals surface area contributed by atoms with Crippen LogP contribution in [0.2, 0.25) is 0 Å². The highest BCUT2D eigenvalue weighted by Gasteiger charge is 2.16. The minimum absolute atomic E-state index is 0.144. The average Bonchev–Trinajstić information content (AvgIpc) is 2.23. The second-order valence-electron chi connectivity index (χ2n) is 4.60. The first-order valence-corrected chi connectivity index (χ1v) is 6.15. The van der Waals surface area contributed by atoms with Gasteiger partial charge in [-0.25, -0.2) is 0 Å². The summed E-state index contributed by atoms with van der Waals surface area (Å²) in [6, 6.07) is 9.89. The molecule has 2 heteroatoms. The van der Waals surface area contributed by atoms with Gasteiger partial charge in [-0.2, -0.15) is 0 Å². The van der Waals surface area contributed by atoms with Gasteiger partial charge in [-0.15, -0.1) is 0 Å². The first-order valence-electron chi connectivity index (χ1n) is 6.15. The molecule has 0 radical (unpaired) electrons. The predicted octanol–water partition coefficient (Wildman–Crippen LogP) is 2.54. The van der Waals surface area contributed by atoms with Crippen LogP contribution in [0.15, 0.2) is 30.3 Å². The van der Waals surface area contributed by atoms with Crippen molar-refractivity contribution in [2.75, 3.05) is 6.54 Å². The van der Waals surface area contributed by atoms with Gasteiger partial charge in [-0.3, -0.25) is 4.79 Å². The van der Waals surface area contributed by atoms with Crippen LogP contribution in [0.25, 0.3) is 0 Å². The highest BCUT2D eigenvalue weighted by Crippen LogP contribution is 2.28. The Kier molecular flexibility index (Phi) is 3.97. The van der Waals surface area contributed by atoms with E-state index in [2.05, 4.69) is 5.32 Å². The summed E-state index contributed by atoms with van der Waals surface area (Å²) >= 11 is 0. The van der Waals surface area contributed by atoms with Gasteiger partial charge in [0.1, 0.15) is 0 Å². The van der Waals surface area contributed by atoms with Crippen molar-refractivity contribution < 1.29 is 4.79 Å². The molecule has 1 fully saturated rings. The van der Waals surface area contributed by atoms with E-state index < -0.39 is 0 Å². The van der Waals surface area contributed by atoms with Gasteiger partial charge >= 0.3 is 0 Å². The van der Waals surface area contributed by atoms with E-state index in [9.17, 15) is 4.79 Å². The smallest absolute Gasteiger partial charge is 0.224 e. The predicted molar refractivity (Wildman–Crippen MR) is 65.1 cm³/mol. The lowest BCUT2D eigenvalue weighted by Gasteiger charge is -2.25. The SMILES string of the molecule is O=C(Cc1ccccc1)NCCC1CCC1. The van der Waals surface area contributed by atoms with E-state index in [0.29, 0.717) is 6.42 Å². The molecule has 1 aromatic carbocycles. The van der Waals surface area contributed by atoms with Crippen LogP contribution in [0.1, 0.15) is 31.2 Å². The Morgan fingerprint density at radius 1 is 1.25 bits per heavy atom. The molecule has 86 valence electrons.